The van der Waals surface area contributed by atoms with Crippen molar-refractivity contribution >= 4 is 0 Å². The summed E-state index contributed by atoms with van der Waals surface area (Å²) < 4.78 is 5.70. The minimum atomic E-state index is -0.537. The van der Waals surface area contributed by atoms with Crippen LogP contribution in [0.3, 0.4) is 0 Å². The fourth-order valence-electron chi connectivity index (χ4n) is 3.44. The second-order valence-corrected chi connectivity index (χ2v) is 11.9. The largest absolute Gasteiger partial charge is 0.506 e. The molecule has 37 heavy (non-hydrogen) atoms. The SMILES string of the molecule is CC(C)(C)CC[C@H](O)c1ccc(O)cn1.CC(C)(C)CC[C@H](O)c1ccc(OCc2ccccc2)cn1. The molecule has 2 atom stereocenters. The Bertz CT molecular complexity index is 1020. The molecule has 2 aromatic heterocycles. The van der Waals surface area contributed by atoms with E-state index in [9.17, 15) is 10.2 Å². The maximum Gasteiger partial charge on any atom is 0.138 e. The number of nitrogens with zero attached hydrogens (tertiary/aromatic N) is 2. The summed E-state index contributed by atoms with van der Waals surface area (Å²) in [4.78, 5) is 8.30. The minimum Gasteiger partial charge on any atom is -0.506 e. The fraction of sp³-hybridized carbons (Fsp3) is 0.484. The molecule has 2 heterocycles. The summed E-state index contributed by atoms with van der Waals surface area (Å²) in [5.41, 5.74) is 2.89. The van der Waals surface area contributed by atoms with Crippen LogP contribution in [-0.2, 0) is 6.61 Å². The zero-order valence-electron chi connectivity index (χ0n) is 23.2. The molecule has 1 aromatic carbocycles. The van der Waals surface area contributed by atoms with Gasteiger partial charge in [-0.25, -0.2) is 0 Å². The van der Waals surface area contributed by atoms with Crippen molar-refractivity contribution in [3.8, 4) is 11.5 Å². The molecule has 0 radical (unpaired) electrons. The van der Waals surface area contributed by atoms with Crippen molar-refractivity contribution in [2.75, 3.05) is 0 Å². The van der Waals surface area contributed by atoms with Gasteiger partial charge in [0.05, 0.1) is 36.0 Å². The smallest absolute Gasteiger partial charge is 0.138 e. The zero-order valence-corrected chi connectivity index (χ0v) is 23.2. The second-order valence-electron chi connectivity index (χ2n) is 11.9. The van der Waals surface area contributed by atoms with Crippen LogP contribution in [0.5, 0.6) is 11.5 Å². The molecule has 0 bridgehead atoms. The number of benzene rings is 1. The van der Waals surface area contributed by atoms with Crippen LogP contribution in [0.2, 0.25) is 0 Å². The van der Waals surface area contributed by atoms with Crippen LogP contribution < -0.4 is 4.74 Å². The van der Waals surface area contributed by atoms with Gasteiger partial charge in [0.15, 0.2) is 0 Å². The van der Waals surface area contributed by atoms with Crippen molar-refractivity contribution in [2.45, 2.75) is 86.0 Å². The topological polar surface area (TPSA) is 95.7 Å². The zero-order chi connectivity index (χ0) is 27.5. The fourth-order valence-corrected chi connectivity index (χ4v) is 3.44. The van der Waals surface area contributed by atoms with E-state index in [0.717, 1.165) is 30.6 Å². The Hall–Kier alpha value is -2.96. The summed E-state index contributed by atoms with van der Waals surface area (Å²) in [6.07, 6.45) is 5.31. The van der Waals surface area contributed by atoms with Crippen molar-refractivity contribution in [1.29, 1.82) is 0 Å². The molecule has 0 fully saturated rings. The highest BCUT2D eigenvalue weighted by molar-refractivity contribution is 5.22. The number of hydrogen-bond acceptors (Lipinski definition) is 6. The van der Waals surface area contributed by atoms with Crippen molar-refractivity contribution in [3.05, 3.63) is 83.9 Å². The first-order valence-corrected chi connectivity index (χ1v) is 13.0. The molecular weight excluding hydrogens is 464 g/mol. The first kappa shape index (κ1) is 30.3. The summed E-state index contributed by atoms with van der Waals surface area (Å²) in [5.74, 6) is 0.845. The average molecular weight is 509 g/mol. The molecule has 0 saturated carbocycles. The van der Waals surface area contributed by atoms with Gasteiger partial charge in [-0.1, -0.05) is 71.9 Å². The number of aliphatic hydroxyl groups is 2. The molecule has 202 valence electrons. The lowest BCUT2D eigenvalue weighted by Crippen LogP contribution is -2.09. The first-order chi connectivity index (χ1) is 17.3. The van der Waals surface area contributed by atoms with E-state index in [1.807, 2.05) is 42.5 Å². The van der Waals surface area contributed by atoms with E-state index in [1.165, 1.54) is 6.20 Å². The van der Waals surface area contributed by atoms with Crippen molar-refractivity contribution in [3.63, 3.8) is 0 Å². The predicted octanol–water partition coefficient (Wildman–Crippen LogP) is 7.17. The van der Waals surface area contributed by atoms with Gasteiger partial charge in [0.2, 0.25) is 0 Å². The van der Waals surface area contributed by atoms with Crippen LogP contribution in [0.15, 0.2) is 67.0 Å². The molecule has 3 rings (SSSR count). The van der Waals surface area contributed by atoms with E-state index in [4.69, 9.17) is 9.84 Å². The molecule has 0 unspecified atom stereocenters. The van der Waals surface area contributed by atoms with Gasteiger partial charge in [-0.3, -0.25) is 9.97 Å². The Morgan fingerprint density at radius 1 is 0.703 bits per heavy atom. The van der Waals surface area contributed by atoms with E-state index in [2.05, 4.69) is 51.5 Å². The highest BCUT2D eigenvalue weighted by Gasteiger charge is 2.16. The summed E-state index contributed by atoms with van der Waals surface area (Å²) >= 11 is 0. The van der Waals surface area contributed by atoms with Gasteiger partial charge >= 0.3 is 0 Å². The monoisotopic (exact) mass is 508 g/mol. The molecule has 6 heteroatoms. The summed E-state index contributed by atoms with van der Waals surface area (Å²) in [6.45, 7) is 13.5. The van der Waals surface area contributed by atoms with Crippen molar-refractivity contribution < 1.29 is 20.1 Å². The normalized spacial score (nSPS) is 13.3. The molecule has 0 aliphatic heterocycles. The molecule has 3 N–H and O–H groups in total. The van der Waals surface area contributed by atoms with Gasteiger partial charge in [0.1, 0.15) is 18.1 Å². The molecule has 3 aromatic rings. The maximum atomic E-state index is 10.2. The number of aromatic nitrogens is 2. The third kappa shape index (κ3) is 12.7. The van der Waals surface area contributed by atoms with Gasteiger partial charge < -0.3 is 20.1 Å². The van der Waals surface area contributed by atoms with Gasteiger partial charge in [0.25, 0.3) is 0 Å². The van der Waals surface area contributed by atoms with E-state index in [1.54, 1.807) is 18.3 Å². The van der Waals surface area contributed by atoms with Crippen LogP contribution in [-0.4, -0.2) is 25.3 Å². The Morgan fingerprint density at radius 2 is 1.22 bits per heavy atom. The number of hydrogen-bond donors (Lipinski definition) is 3. The highest BCUT2D eigenvalue weighted by Crippen LogP contribution is 2.28. The third-order valence-electron chi connectivity index (χ3n) is 5.80. The van der Waals surface area contributed by atoms with E-state index in [0.29, 0.717) is 24.4 Å². The molecule has 0 spiro atoms. The summed E-state index contributed by atoms with van der Waals surface area (Å²) in [7, 11) is 0. The van der Waals surface area contributed by atoms with Crippen LogP contribution in [0, 0.1) is 10.8 Å². The maximum absolute atomic E-state index is 10.2. The summed E-state index contributed by atoms with van der Waals surface area (Å²) in [5, 5.41) is 29.1. The van der Waals surface area contributed by atoms with Crippen molar-refractivity contribution in [1.82, 2.24) is 9.97 Å². The van der Waals surface area contributed by atoms with Crippen LogP contribution in [0.1, 0.15) is 96.4 Å². The molecule has 0 amide bonds. The van der Waals surface area contributed by atoms with E-state index < -0.39 is 12.2 Å². The Morgan fingerprint density at radius 3 is 1.65 bits per heavy atom. The Balaban J connectivity index is 0.000000281. The van der Waals surface area contributed by atoms with Gasteiger partial charge in [-0.2, -0.15) is 0 Å². The highest BCUT2D eigenvalue weighted by atomic mass is 16.5. The number of pyridine rings is 2. The lowest BCUT2D eigenvalue weighted by Gasteiger charge is -2.20. The van der Waals surface area contributed by atoms with Gasteiger partial charge in [-0.15, -0.1) is 0 Å². The Labute approximate surface area is 222 Å². The quantitative estimate of drug-likeness (QED) is 0.284. The molecular formula is C31H44N2O4. The molecule has 6 nitrogen and oxygen atoms in total. The lowest BCUT2D eigenvalue weighted by atomic mass is 9.89. The van der Waals surface area contributed by atoms with Gasteiger partial charge in [-0.05, 0) is 66.3 Å². The molecule has 0 aliphatic carbocycles. The van der Waals surface area contributed by atoms with E-state index >= 15 is 0 Å². The number of rotatable bonds is 9. The van der Waals surface area contributed by atoms with Crippen LogP contribution >= 0.6 is 0 Å². The van der Waals surface area contributed by atoms with Crippen LogP contribution in [0.4, 0.5) is 0 Å². The van der Waals surface area contributed by atoms with E-state index in [-0.39, 0.29) is 16.6 Å². The predicted molar refractivity (Wildman–Crippen MR) is 148 cm³/mol. The van der Waals surface area contributed by atoms with Crippen LogP contribution in [0.25, 0.3) is 0 Å². The van der Waals surface area contributed by atoms with Crippen molar-refractivity contribution in [2.24, 2.45) is 10.8 Å². The lowest BCUT2D eigenvalue weighted by molar-refractivity contribution is 0.143. The third-order valence-corrected chi connectivity index (χ3v) is 5.80. The molecule has 0 aliphatic rings. The number of aromatic hydroxyl groups is 1. The number of ether oxygens (including phenoxy) is 1. The summed E-state index contributed by atoms with van der Waals surface area (Å²) in [6, 6.07) is 16.9. The first-order valence-electron chi connectivity index (χ1n) is 13.0. The van der Waals surface area contributed by atoms with Gasteiger partial charge in [0, 0.05) is 0 Å². The second kappa shape index (κ2) is 14.1. The standard InChI is InChI=1S/C19H25NO2.C12H19NO2/c1-19(2,3)12-11-18(21)17-10-9-16(13-20-17)22-14-15-7-5-4-6-8-15;1-12(2,3)7-6-11(15)10-5-4-9(14)8-13-10/h4-10,13,18,21H,11-12,14H2,1-3H3;4-5,8,11,14-15H,6-7H2,1-3H3/t18-;11-/m00/s1. The number of aliphatic hydroxyl groups excluding tert-OH is 2. The Kier molecular flexibility index (Phi) is 11.5. The minimum absolute atomic E-state index is 0.127. The molecule has 0 saturated heterocycles. The average Bonchev–Trinajstić information content (AvgIpc) is 2.85.